The second-order valence-electron chi connectivity index (χ2n) is 11.1. The summed E-state index contributed by atoms with van der Waals surface area (Å²) in [5.41, 5.74) is 4.26. The first-order chi connectivity index (χ1) is 15.0. The molecule has 5 aliphatic rings. The number of aliphatic hydroxyl groups excluding tert-OH is 1. The zero-order valence-electron chi connectivity index (χ0n) is 18.3. The van der Waals surface area contributed by atoms with E-state index in [4.69, 9.17) is 4.74 Å². The van der Waals surface area contributed by atoms with E-state index in [1.165, 1.54) is 40.3 Å². The SMILES string of the molecule is C[C@]12CC=C3C=C4CC[C@@H](O)CC45CC[C@]3(O5)[C@@H]1CC[C@@H]2c1ccc2ccncc2c1. The van der Waals surface area contributed by atoms with E-state index in [9.17, 15) is 5.11 Å². The lowest BCUT2D eigenvalue weighted by Crippen LogP contribution is -2.54. The van der Waals surface area contributed by atoms with Crippen molar-refractivity contribution >= 4 is 10.8 Å². The van der Waals surface area contributed by atoms with E-state index >= 15 is 0 Å². The molecule has 3 heterocycles. The Kier molecular flexibility index (Phi) is 3.65. The number of ether oxygens (including phenoxy) is 1. The zero-order chi connectivity index (χ0) is 20.8. The highest BCUT2D eigenvalue weighted by molar-refractivity contribution is 5.82. The Hall–Kier alpha value is -1.97. The van der Waals surface area contributed by atoms with E-state index in [0.717, 1.165) is 38.5 Å². The molecule has 1 aromatic carbocycles. The molecular weight excluding hydrogens is 382 g/mol. The van der Waals surface area contributed by atoms with Gasteiger partial charge in [0.15, 0.2) is 0 Å². The maximum absolute atomic E-state index is 10.4. The maximum Gasteiger partial charge on any atom is 0.0974 e. The molecule has 1 aromatic heterocycles. The standard InChI is InChI=1S/C28H31NO2/c1-26-10-8-22-15-21-4-5-23(30)16-27(21)11-12-28(22,31-27)25(26)7-6-24(26)19-3-2-18-9-13-29-17-20(18)14-19/h2-3,8-9,13-15,17,23-25,30H,4-7,10-12,16H2,1H3/t23-,24-,25-,26-,27?,28-/m1/s1. The van der Waals surface area contributed by atoms with Crippen LogP contribution in [0.3, 0.4) is 0 Å². The van der Waals surface area contributed by atoms with Crippen molar-refractivity contribution in [1.29, 1.82) is 0 Å². The van der Waals surface area contributed by atoms with Crippen molar-refractivity contribution in [3.05, 3.63) is 65.5 Å². The van der Waals surface area contributed by atoms with Gasteiger partial charge in [0.1, 0.15) is 0 Å². The van der Waals surface area contributed by atoms with Crippen LogP contribution in [0.15, 0.2) is 60.0 Å². The molecule has 1 unspecified atom stereocenters. The number of aromatic nitrogens is 1. The molecule has 1 saturated heterocycles. The number of aliphatic hydroxyl groups is 1. The highest BCUT2D eigenvalue weighted by atomic mass is 16.5. The lowest BCUT2D eigenvalue weighted by molar-refractivity contribution is -0.144. The largest absolute Gasteiger partial charge is 0.393 e. The van der Waals surface area contributed by atoms with Crippen molar-refractivity contribution in [3.8, 4) is 0 Å². The third kappa shape index (κ3) is 2.34. The van der Waals surface area contributed by atoms with Gasteiger partial charge in [-0.2, -0.15) is 0 Å². The third-order valence-electron chi connectivity index (χ3n) is 9.72. The van der Waals surface area contributed by atoms with Crippen molar-refractivity contribution in [2.75, 3.05) is 0 Å². The molecule has 31 heavy (non-hydrogen) atoms. The molecule has 2 saturated carbocycles. The fraction of sp³-hybridized carbons (Fsp3) is 0.536. The monoisotopic (exact) mass is 413 g/mol. The quantitative estimate of drug-likeness (QED) is 0.639. The van der Waals surface area contributed by atoms with E-state index in [0.29, 0.717) is 11.8 Å². The Bertz CT molecular complexity index is 1150. The van der Waals surface area contributed by atoms with E-state index < -0.39 is 0 Å². The lowest BCUT2D eigenvalue weighted by Gasteiger charge is -2.54. The molecular formula is C28H31NO2. The first-order valence-electron chi connectivity index (χ1n) is 12.2. The van der Waals surface area contributed by atoms with Gasteiger partial charge in [0.25, 0.3) is 0 Å². The van der Waals surface area contributed by atoms with Gasteiger partial charge in [0.2, 0.25) is 0 Å². The Morgan fingerprint density at radius 3 is 2.97 bits per heavy atom. The Morgan fingerprint density at radius 2 is 2.03 bits per heavy atom. The summed E-state index contributed by atoms with van der Waals surface area (Å²) in [6.45, 7) is 2.52. The van der Waals surface area contributed by atoms with Crippen molar-refractivity contribution in [3.63, 3.8) is 0 Å². The third-order valence-corrected chi connectivity index (χ3v) is 9.72. The number of rotatable bonds is 1. The highest BCUT2D eigenvalue weighted by Gasteiger charge is 2.66. The second-order valence-corrected chi connectivity index (χ2v) is 11.1. The van der Waals surface area contributed by atoms with Crippen LogP contribution in [-0.2, 0) is 4.74 Å². The van der Waals surface area contributed by atoms with Crippen molar-refractivity contribution in [2.24, 2.45) is 11.3 Å². The average molecular weight is 414 g/mol. The van der Waals surface area contributed by atoms with Crippen LogP contribution in [0.25, 0.3) is 10.8 Å². The number of hydrogen-bond acceptors (Lipinski definition) is 3. The molecule has 3 aliphatic carbocycles. The lowest BCUT2D eigenvalue weighted by atomic mass is 9.58. The Labute approximate surface area is 184 Å². The molecule has 1 N–H and O–H groups in total. The van der Waals surface area contributed by atoms with Gasteiger partial charge in [0, 0.05) is 24.2 Å². The van der Waals surface area contributed by atoms with Gasteiger partial charge in [-0.1, -0.05) is 31.2 Å². The average Bonchev–Trinajstić information content (AvgIpc) is 3.28. The predicted molar refractivity (Wildman–Crippen MR) is 122 cm³/mol. The molecule has 3 fully saturated rings. The fourth-order valence-electron chi connectivity index (χ4n) is 8.25. The van der Waals surface area contributed by atoms with Crippen LogP contribution in [0.2, 0.25) is 0 Å². The minimum absolute atomic E-state index is 0.138. The molecule has 7 rings (SSSR count). The predicted octanol–water partition coefficient (Wildman–Crippen LogP) is 5.84. The van der Waals surface area contributed by atoms with Gasteiger partial charge in [-0.15, -0.1) is 0 Å². The second kappa shape index (κ2) is 6.08. The number of benzene rings is 1. The number of allylic oxidation sites excluding steroid dienone is 1. The minimum Gasteiger partial charge on any atom is -0.393 e. The molecule has 2 spiro atoms. The molecule has 3 nitrogen and oxygen atoms in total. The summed E-state index contributed by atoms with van der Waals surface area (Å²) in [6, 6.07) is 9.10. The van der Waals surface area contributed by atoms with Crippen molar-refractivity contribution in [1.82, 2.24) is 4.98 Å². The molecule has 0 radical (unpaired) electrons. The van der Waals surface area contributed by atoms with Gasteiger partial charge in [-0.05, 0) is 96.4 Å². The maximum atomic E-state index is 10.4. The van der Waals surface area contributed by atoms with Crippen molar-refractivity contribution in [2.45, 2.75) is 81.5 Å². The molecule has 2 aliphatic heterocycles. The van der Waals surface area contributed by atoms with Gasteiger partial charge < -0.3 is 9.84 Å². The fourth-order valence-corrected chi connectivity index (χ4v) is 8.25. The molecule has 0 amide bonds. The van der Waals surface area contributed by atoms with Gasteiger partial charge in [-0.3, -0.25) is 4.98 Å². The van der Waals surface area contributed by atoms with Crippen LogP contribution in [0.1, 0.15) is 69.8 Å². The topological polar surface area (TPSA) is 42.4 Å². The van der Waals surface area contributed by atoms with E-state index in [2.05, 4.69) is 48.3 Å². The summed E-state index contributed by atoms with van der Waals surface area (Å²) < 4.78 is 7.18. The molecule has 6 atom stereocenters. The summed E-state index contributed by atoms with van der Waals surface area (Å²) in [4.78, 5) is 4.35. The van der Waals surface area contributed by atoms with E-state index in [1.807, 2.05) is 12.4 Å². The normalized spacial score (nSPS) is 43.1. The first-order valence-corrected chi connectivity index (χ1v) is 12.2. The van der Waals surface area contributed by atoms with Crippen LogP contribution in [0, 0.1) is 11.3 Å². The smallest absolute Gasteiger partial charge is 0.0974 e. The number of hydrogen-bond donors (Lipinski definition) is 1. The van der Waals surface area contributed by atoms with E-state index in [-0.39, 0.29) is 22.7 Å². The summed E-state index contributed by atoms with van der Waals surface area (Å²) in [5, 5.41) is 13.0. The van der Waals surface area contributed by atoms with Gasteiger partial charge >= 0.3 is 0 Å². The Balaban J connectivity index is 1.31. The molecule has 3 heteroatoms. The molecule has 2 bridgehead atoms. The van der Waals surface area contributed by atoms with Crippen LogP contribution in [-0.4, -0.2) is 27.4 Å². The molecule has 160 valence electrons. The molecule has 2 aromatic rings. The van der Waals surface area contributed by atoms with Crippen LogP contribution >= 0.6 is 0 Å². The van der Waals surface area contributed by atoms with Crippen molar-refractivity contribution < 1.29 is 9.84 Å². The number of pyridine rings is 1. The Morgan fingerprint density at radius 1 is 1.10 bits per heavy atom. The zero-order valence-corrected chi connectivity index (χ0v) is 18.3. The number of fused-ring (bicyclic) bond motifs is 2. The summed E-state index contributed by atoms with van der Waals surface area (Å²) >= 11 is 0. The van der Waals surface area contributed by atoms with Gasteiger partial charge in [0.05, 0.1) is 17.3 Å². The van der Waals surface area contributed by atoms with Crippen LogP contribution < -0.4 is 0 Å². The highest BCUT2D eigenvalue weighted by Crippen LogP contribution is 2.69. The van der Waals surface area contributed by atoms with Crippen LogP contribution in [0.5, 0.6) is 0 Å². The van der Waals surface area contributed by atoms with Crippen LogP contribution in [0.4, 0.5) is 0 Å². The summed E-state index contributed by atoms with van der Waals surface area (Å²) in [7, 11) is 0. The summed E-state index contributed by atoms with van der Waals surface area (Å²) in [5.74, 6) is 1.10. The first kappa shape index (κ1) is 18.6. The summed E-state index contributed by atoms with van der Waals surface area (Å²) in [6.07, 6.45) is 17.1. The number of nitrogens with zero attached hydrogens (tertiary/aromatic N) is 1. The minimum atomic E-state index is -0.213. The van der Waals surface area contributed by atoms with Gasteiger partial charge in [-0.25, -0.2) is 0 Å². The van der Waals surface area contributed by atoms with E-state index in [1.54, 1.807) is 0 Å².